The molecule has 0 bridgehead atoms. The second-order valence-electron chi connectivity index (χ2n) is 5.96. The third kappa shape index (κ3) is 3.71. The summed E-state index contributed by atoms with van der Waals surface area (Å²) in [5.74, 6) is 1.34. The lowest BCUT2D eigenvalue weighted by molar-refractivity contribution is 0.166. The highest BCUT2D eigenvalue weighted by Gasteiger charge is 2.19. The maximum absolute atomic E-state index is 10.6. The van der Waals surface area contributed by atoms with Crippen LogP contribution in [0.25, 0.3) is 0 Å². The Hall–Kier alpha value is -2.05. The van der Waals surface area contributed by atoms with E-state index in [0.717, 1.165) is 11.4 Å². The van der Waals surface area contributed by atoms with E-state index in [2.05, 4.69) is 24.3 Å². The Kier molecular flexibility index (Phi) is 5.85. The Morgan fingerprint density at radius 1 is 1.25 bits per heavy atom. The molecule has 1 aromatic heterocycles. The molecule has 1 aromatic carbocycles. The van der Waals surface area contributed by atoms with E-state index in [-0.39, 0.29) is 6.04 Å². The first-order valence-corrected chi connectivity index (χ1v) is 8.02. The first-order valence-electron chi connectivity index (χ1n) is 8.02. The molecule has 0 aliphatic heterocycles. The zero-order chi connectivity index (χ0) is 17.9. The molecular formula is C18H27N3O3. The molecule has 2 aromatic rings. The molecule has 24 heavy (non-hydrogen) atoms. The van der Waals surface area contributed by atoms with Crippen molar-refractivity contribution in [2.75, 3.05) is 20.8 Å². The summed E-state index contributed by atoms with van der Waals surface area (Å²) < 4.78 is 12.5. The number of hydrogen-bond acceptors (Lipinski definition) is 5. The number of aliphatic hydroxyl groups excluding tert-OH is 1. The third-order valence-corrected chi connectivity index (χ3v) is 4.41. The largest absolute Gasteiger partial charge is 0.497 e. The summed E-state index contributed by atoms with van der Waals surface area (Å²) in [6.45, 7) is 6.53. The van der Waals surface area contributed by atoms with E-state index in [1.54, 1.807) is 26.4 Å². The van der Waals surface area contributed by atoms with Crippen molar-refractivity contribution in [2.45, 2.75) is 32.9 Å². The summed E-state index contributed by atoms with van der Waals surface area (Å²) in [6, 6.07) is 5.50. The van der Waals surface area contributed by atoms with Gasteiger partial charge < -0.3 is 19.9 Å². The van der Waals surface area contributed by atoms with Crippen LogP contribution < -0.4 is 14.8 Å². The molecule has 0 radical (unpaired) electrons. The number of hydrogen-bond donors (Lipinski definition) is 2. The fourth-order valence-corrected chi connectivity index (χ4v) is 3.02. The lowest BCUT2D eigenvalue weighted by Crippen LogP contribution is -2.25. The first kappa shape index (κ1) is 18.3. The molecule has 0 aliphatic rings. The lowest BCUT2D eigenvalue weighted by Gasteiger charge is -2.20. The van der Waals surface area contributed by atoms with Crippen LogP contribution in [0.4, 0.5) is 0 Å². The Labute approximate surface area is 143 Å². The molecular weight excluding hydrogens is 306 g/mol. The molecule has 2 atom stereocenters. The average molecular weight is 333 g/mol. The molecule has 6 heteroatoms. The van der Waals surface area contributed by atoms with E-state index in [9.17, 15) is 5.11 Å². The molecule has 2 N–H and O–H groups in total. The second-order valence-corrected chi connectivity index (χ2v) is 5.96. The third-order valence-electron chi connectivity index (χ3n) is 4.41. The summed E-state index contributed by atoms with van der Waals surface area (Å²) >= 11 is 0. The maximum atomic E-state index is 10.6. The van der Waals surface area contributed by atoms with Gasteiger partial charge in [-0.2, -0.15) is 5.10 Å². The Morgan fingerprint density at radius 2 is 1.96 bits per heavy atom. The maximum Gasteiger partial charge on any atom is 0.124 e. The van der Waals surface area contributed by atoms with Crippen LogP contribution in [0, 0.1) is 13.8 Å². The zero-order valence-electron chi connectivity index (χ0n) is 15.3. The minimum Gasteiger partial charge on any atom is -0.497 e. The van der Waals surface area contributed by atoms with E-state index in [0.29, 0.717) is 23.6 Å². The van der Waals surface area contributed by atoms with Gasteiger partial charge in [0.05, 0.1) is 26.0 Å². The van der Waals surface area contributed by atoms with Gasteiger partial charge in [0, 0.05) is 36.5 Å². The molecule has 0 amide bonds. The van der Waals surface area contributed by atoms with Crippen molar-refractivity contribution in [1.82, 2.24) is 15.1 Å². The van der Waals surface area contributed by atoms with Crippen LogP contribution in [-0.2, 0) is 7.05 Å². The summed E-state index contributed by atoms with van der Waals surface area (Å²) in [7, 11) is 5.14. The number of aliphatic hydroxyl groups is 1. The predicted molar refractivity (Wildman–Crippen MR) is 93.6 cm³/mol. The van der Waals surface area contributed by atoms with E-state index in [4.69, 9.17) is 9.47 Å². The summed E-state index contributed by atoms with van der Waals surface area (Å²) in [5.41, 5.74) is 4.00. The van der Waals surface area contributed by atoms with E-state index >= 15 is 0 Å². The molecule has 0 spiro atoms. The highest BCUT2D eigenvalue weighted by atomic mass is 16.5. The first-order chi connectivity index (χ1) is 11.4. The van der Waals surface area contributed by atoms with Gasteiger partial charge in [-0.05, 0) is 39.0 Å². The number of methoxy groups -OCH3 is 2. The number of benzene rings is 1. The monoisotopic (exact) mass is 333 g/mol. The fourth-order valence-electron chi connectivity index (χ4n) is 3.02. The van der Waals surface area contributed by atoms with E-state index in [1.165, 1.54) is 5.56 Å². The molecule has 132 valence electrons. The van der Waals surface area contributed by atoms with Crippen molar-refractivity contribution < 1.29 is 14.6 Å². The number of rotatable bonds is 7. The molecule has 2 unspecified atom stereocenters. The molecule has 0 fully saturated rings. The standard InChI is InChI=1S/C18H27N3O3/c1-11(18-12(2)20-21(4)13(18)3)19-10-16(22)15-9-14(23-5)7-8-17(15)24-6/h7-9,11,16,19,22H,10H2,1-6H3. The minimum atomic E-state index is -0.699. The highest BCUT2D eigenvalue weighted by molar-refractivity contribution is 5.41. The zero-order valence-corrected chi connectivity index (χ0v) is 15.3. The lowest BCUT2D eigenvalue weighted by atomic mass is 10.0. The van der Waals surface area contributed by atoms with Crippen LogP contribution >= 0.6 is 0 Å². The van der Waals surface area contributed by atoms with Gasteiger partial charge in [-0.25, -0.2) is 0 Å². The Bertz CT molecular complexity index is 697. The van der Waals surface area contributed by atoms with Gasteiger partial charge in [-0.3, -0.25) is 4.68 Å². The van der Waals surface area contributed by atoms with Gasteiger partial charge in [0.15, 0.2) is 0 Å². The van der Waals surface area contributed by atoms with Crippen molar-refractivity contribution in [1.29, 1.82) is 0 Å². The number of aromatic nitrogens is 2. The van der Waals surface area contributed by atoms with Gasteiger partial charge in [0.25, 0.3) is 0 Å². The smallest absolute Gasteiger partial charge is 0.124 e. The molecule has 0 aliphatic carbocycles. The van der Waals surface area contributed by atoms with Crippen molar-refractivity contribution in [3.8, 4) is 11.5 Å². The van der Waals surface area contributed by atoms with Gasteiger partial charge in [0.1, 0.15) is 11.5 Å². The Morgan fingerprint density at radius 3 is 2.50 bits per heavy atom. The normalized spacial score (nSPS) is 13.6. The van der Waals surface area contributed by atoms with E-state index in [1.807, 2.05) is 24.7 Å². The fraction of sp³-hybridized carbons (Fsp3) is 0.500. The summed E-state index contributed by atoms with van der Waals surface area (Å²) in [6.07, 6.45) is -0.699. The van der Waals surface area contributed by atoms with Gasteiger partial charge in [-0.1, -0.05) is 0 Å². The number of ether oxygens (including phenoxy) is 2. The average Bonchev–Trinajstić information content (AvgIpc) is 2.84. The molecule has 2 rings (SSSR count). The second kappa shape index (κ2) is 7.68. The summed E-state index contributed by atoms with van der Waals surface area (Å²) in [5, 5.41) is 18.4. The van der Waals surface area contributed by atoms with Gasteiger partial charge >= 0.3 is 0 Å². The van der Waals surface area contributed by atoms with E-state index < -0.39 is 6.10 Å². The number of nitrogens with one attached hydrogen (secondary N) is 1. The molecule has 0 saturated carbocycles. The van der Waals surface area contributed by atoms with Crippen LogP contribution in [0.3, 0.4) is 0 Å². The van der Waals surface area contributed by atoms with Crippen LogP contribution in [-0.4, -0.2) is 35.7 Å². The van der Waals surface area contributed by atoms with Crippen LogP contribution in [0.2, 0.25) is 0 Å². The molecule has 0 saturated heterocycles. The topological polar surface area (TPSA) is 68.5 Å². The van der Waals surface area contributed by atoms with Gasteiger partial charge in [0.2, 0.25) is 0 Å². The van der Waals surface area contributed by atoms with Crippen molar-refractivity contribution in [3.63, 3.8) is 0 Å². The van der Waals surface area contributed by atoms with Crippen molar-refractivity contribution in [2.24, 2.45) is 7.05 Å². The molecule has 1 heterocycles. The highest BCUT2D eigenvalue weighted by Crippen LogP contribution is 2.29. The van der Waals surface area contributed by atoms with Crippen LogP contribution in [0.1, 0.15) is 41.6 Å². The van der Waals surface area contributed by atoms with Crippen molar-refractivity contribution in [3.05, 3.63) is 40.7 Å². The quantitative estimate of drug-likeness (QED) is 0.814. The predicted octanol–water partition coefficient (Wildman–Crippen LogP) is 2.44. The number of nitrogens with zero attached hydrogens (tertiary/aromatic N) is 2. The summed E-state index contributed by atoms with van der Waals surface area (Å²) in [4.78, 5) is 0. The van der Waals surface area contributed by atoms with Crippen LogP contribution in [0.5, 0.6) is 11.5 Å². The van der Waals surface area contributed by atoms with Crippen molar-refractivity contribution >= 4 is 0 Å². The van der Waals surface area contributed by atoms with Gasteiger partial charge in [-0.15, -0.1) is 0 Å². The minimum absolute atomic E-state index is 0.0879. The SMILES string of the molecule is COc1ccc(OC)c(C(O)CNC(C)c2c(C)nn(C)c2C)c1. The van der Waals surface area contributed by atoms with Crippen LogP contribution in [0.15, 0.2) is 18.2 Å². The Balaban J connectivity index is 2.11. The number of aryl methyl sites for hydroxylation is 2. The molecule has 6 nitrogen and oxygen atoms in total.